The quantitative estimate of drug-likeness (QED) is 0.781. The van der Waals surface area contributed by atoms with E-state index in [0.29, 0.717) is 4.47 Å². The van der Waals surface area contributed by atoms with Gasteiger partial charge in [0.25, 0.3) is 0 Å². The summed E-state index contributed by atoms with van der Waals surface area (Å²) in [6, 6.07) is 3.81. The van der Waals surface area contributed by atoms with Crippen molar-refractivity contribution in [1.82, 2.24) is 0 Å². The number of benzene rings is 1. The Labute approximate surface area is 116 Å². The number of carbonyl (C=O) groups is 1. The van der Waals surface area contributed by atoms with Crippen LogP contribution in [0.4, 0.5) is 18.9 Å². The summed E-state index contributed by atoms with van der Waals surface area (Å²) < 4.78 is 43.5. The molecule has 0 bridgehead atoms. The Bertz CT molecular complexity index is 452. The Morgan fingerprint density at radius 3 is 2.68 bits per heavy atom. The minimum Gasteiger partial charge on any atom is -0.382 e. The highest BCUT2D eigenvalue weighted by Gasteiger charge is 2.33. The van der Waals surface area contributed by atoms with Crippen molar-refractivity contribution in [2.75, 3.05) is 25.1 Å². The number of hydrogen-bond donors (Lipinski definition) is 2. The van der Waals surface area contributed by atoms with E-state index in [2.05, 4.69) is 21.2 Å². The molecule has 1 aromatic carbocycles. The van der Waals surface area contributed by atoms with Gasteiger partial charge in [-0.05, 0) is 18.2 Å². The number of hydrogen-bond acceptors (Lipinski definition) is 3. The van der Waals surface area contributed by atoms with Crippen molar-refractivity contribution in [3.8, 4) is 0 Å². The van der Waals surface area contributed by atoms with Crippen LogP contribution < -0.4 is 11.1 Å². The molecule has 8 heteroatoms. The average Bonchev–Trinajstić information content (AvgIpc) is 2.28. The fraction of sp³-hybridized carbons (Fsp3) is 0.364. The molecule has 1 aromatic rings. The molecule has 0 fully saturated rings. The lowest BCUT2D eigenvalue weighted by Gasteiger charge is -2.14. The van der Waals surface area contributed by atoms with Gasteiger partial charge in [0.1, 0.15) is 6.61 Å². The molecule has 0 spiro atoms. The minimum atomic E-state index is -4.44. The molecular weight excluding hydrogens is 329 g/mol. The molecule has 0 radical (unpaired) electrons. The molecule has 0 atom stereocenters. The van der Waals surface area contributed by atoms with Gasteiger partial charge in [0.2, 0.25) is 5.91 Å². The molecule has 0 unspecified atom stereocenters. The number of nitrogens with one attached hydrogen (secondary N) is 1. The lowest BCUT2D eigenvalue weighted by atomic mass is 10.1. The van der Waals surface area contributed by atoms with Gasteiger partial charge in [-0.1, -0.05) is 15.9 Å². The van der Waals surface area contributed by atoms with Crippen molar-refractivity contribution in [1.29, 1.82) is 0 Å². The maximum Gasteiger partial charge on any atom is 0.418 e. The van der Waals surface area contributed by atoms with Crippen LogP contribution in [0, 0.1) is 0 Å². The third-order valence-corrected chi connectivity index (χ3v) is 2.59. The minimum absolute atomic E-state index is 0.0432. The predicted octanol–water partition coefficient (Wildman–Crippen LogP) is 2.38. The molecule has 4 nitrogen and oxygen atoms in total. The van der Waals surface area contributed by atoms with Crippen LogP contribution in [-0.4, -0.2) is 25.7 Å². The summed E-state index contributed by atoms with van der Waals surface area (Å²) in [5.41, 5.74) is 4.04. The van der Waals surface area contributed by atoms with Gasteiger partial charge in [0, 0.05) is 16.7 Å². The van der Waals surface area contributed by atoms with E-state index in [1.807, 2.05) is 0 Å². The molecule has 0 saturated carbocycles. The van der Waals surface area contributed by atoms with Crippen LogP contribution in [0.1, 0.15) is 5.56 Å². The number of amides is 1. The second-order valence-electron chi connectivity index (χ2n) is 3.63. The number of ether oxygens (including phenoxy) is 1. The van der Waals surface area contributed by atoms with Crippen molar-refractivity contribution in [3.63, 3.8) is 0 Å². The number of halogens is 4. The third kappa shape index (κ3) is 5.48. The van der Waals surface area contributed by atoms with Crippen molar-refractivity contribution in [3.05, 3.63) is 28.2 Å². The van der Waals surface area contributed by atoms with Crippen molar-refractivity contribution < 1.29 is 22.7 Å². The first-order valence-electron chi connectivity index (χ1n) is 5.27. The molecule has 1 amide bonds. The fourth-order valence-corrected chi connectivity index (χ4v) is 1.70. The molecule has 0 heterocycles. The second kappa shape index (κ2) is 6.76. The summed E-state index contributed by atoms with van der Waals surface area (Å²) in [6.07, 6.45) is -4.44. The molecule has 0 aliphatic carbocycles. The van der Waals surface area contributed by atoms with Crippen LogP contribution in [0.5, 0.6) is 0 Å². The summed E-state index contributed by atoms with van der Waals surface area (Å²) in [7, 11) is 0. The van der Waals surface area contributed by atoms with Crippen LogP contribution >= 0.6 is 15.9 Å². The van der Waals surface area contributed by atoms with E-state index in [4.69, 9.17) is 10.5 Å². The average molecular weight is 341 g/mol. The molecule has 3 N–H and O–H groups in total. The SMILES string of the molecule is NC(=O)COCCNc1ccc(Br)cc1C(F)(F)F. The Kier molecular flexibility index (Phi) is 5.61. The number of primary amides is 1. The predicted molar refractivity (Wildman–Crippen MR) is 67.6 cm³/mol. The highest BCUT2D eigenvalue weighted by molar-refractivity contribution is 9.10. The zero-order valence-corrected chi connectivity index (χ0v) is 11.3. The van der Waals surface area contributed by atoms with Gasteiger partial charge in [-0.3, -0.25) is 4.79 Å². The van der Waals surface area contributed by atoms with E-state index in [1.54, 1.807) is 0 Å². The first kappa shape index (κ1) is 15.8. The highest BCUT2D eigenvalue weighted by atomic mass is 79.9. The summed E-state index contributed by atoms with van der Waals surface area (Å²) in [5, 5.41) is 2.60. The topological polar surface area (TPSA) is 64.4 Å². The third-order valence-electron chi connectivity index (χ3n) is 2.09. The van der Waals surface area contributed by atoms with Gasteiger partial charge in [-0.15, -0.1) is 0 Å². The largest absolute Gasteiger partial charge is 0.418 e. The Morgan fingerprint density at radius 2 is 2.11 bits per heavy atom. The molecule has 1 rings (SSSR count). The highest BCUT2D eigenvalue weighted by Crippen LogP contribution is 2.36. The Morgan fingerprint density at radius 1 is 1.42 bits per heavy atom. The normalized spacial score (nSPS) is 11.4. The van der Waals surface area contributed by atoms with Crippen LogP contribution in [0.25, 0.3) is 0 Å². The Balaban J connectivity index is 2.61. The smallest absolute Gasteiger partial charge is 0.382 e. The van der Waals surface area contributed by atoms with Gasteiger partial charge >= 0.3 is 6.18 Å². The Hall–Kier alpha value is -1.28. The van der Waals surface area contributed by atoms with E-state index in [-0.39, 0.29) is 25.4 Å². The lowest BCUT2D eigenvalue weighted by molar-refractivity contribution is -0.137. The number of rotatable bonds is 6. The van der Waals surface area contributed by atoms with E-state index in [9.17, 15) is 18.0 Å². The number of carbonyl (C=O) groups excluding carboxylic acids is 1. The van der Waals surface area contributed by atoms with Crippen LogP contribution in [0.3, 0.4) is 0 Å². The maximum absolute atomic E-state index is 12.8. The summed E-state index contributed by atoms with van der Waals surface area (Å²) in [5.74, 6) is -0.625. The van der Waals surface area contributed by atoms with E-state index in [0.717, 1.165) is 6.07 Å². The summed E-state index contributed by atoms with van der Waals surface area (Å²) in [4.78, 5) is 10.4. The number of anilines is 1. The fourth-order valence-electron chi connectivity index (χ4n) is 1.34. The monoisotopic (exact) mass is 340 g/mol. The van der Waals surface area contributed by atoms with Gasteiger partial charge in [0.05, 0.1) is 12.2 Å². The molecular formula is C11H12BrF3N2O2. The zero-order chi connectivity index (χ0) is 14.5. The van der Waals surface area contributed by atoms with E-state index in [1.165, 1.54) is 12.1 Å². The first-order valence-corrected chi connectivity index (χ1v) is 6.06. The zero-order valence-electron chi connectivity index (χ0n) is 9.76. The molecule has 0 aliphatic rings. The number of alkyl halides is 3. The van der Waals surface area contributed by atoms with Crippen molar-refractivity contribution >= 4 is 27.5 Å². The second-order valence-corrected chi connectivity index (χ2v) is 4.55. The van der Waals surface area contributed by atoms with E-state index >= 15 is 0 Å². The summed E-state index contributed by atoms with van der Waals surface area (Å²) in [6.45, 7) is -0.0392. The summed E-state index contributed by atoms with van der Waals surface area (Å²) >= 11 is 2.99. The van der Waals surface area contributed by atoms with Crippen LogP contribution in [-0.2, 0) is 15.7 Å². The van der Waals surface area contributed by atoms with Gasteiger partial charge < -0.3 is 15.8 Å². The van der Waals surface area contributed by atoms with Crippen LogP contribution in [0.2, 0.25) is 0 Å². The first-order chi connectivity index (χ1) is 8.80. The molecule has 0 aliphatic heterocycles. The van der Waals surface area contributed by atoms with Gasteiger partial charge in [-0.25, -0.2) is 0 Å². The van der Waals surface area contributed by atoms with E-state index < -0.39 is 17.6 Å². The van der Waals surface area contributed by atoms with Crippen molar-refractivity contribution in [2.24, 2.45) is 5.73 Å². The lowest BCUT2D eigenvalue weighted by Crippen LogP contribution is -2.21. The molecule has 0 saturated heterocycles. The standard InChI is InChI=1S/C11H12BrF3N2O2/c12-7-1-2-9(8(5-7)11(13,14)15)17-3-4-19-6-10(16)18/h1-2,5,17H,3-4,6H2,(H2,16,18). The van der Waals surface area contributed by atoms with Gasteiger partial charge in [0.15, 0.2) is 0 Å². The van der Waals surface area contributed by atoms with Crippen molar-refractivity contribution in [2.45, 2.75) is 6.18 Å². The molecule has 106 valence electrons. The van der Waals surface area contributed by atoms with Crippen LogP contribution in [0.15, 0.2) is 22.7 Å². The molecule has 0 aromatic heterocycles. The number of nitrogens with two attached hydrogens (primary N) is 1. The maximum atomic E-state index is 12.8. The van der Waals surface area contributed by atoms with Gasteiger partial charge in [-0.2, -0.15) is 13.2 Å². The molecule has 19 heavy (non-hydrogen) atoms.